The molecule has 0 nitrogen and oxygen atoms in total. The number of fused-ring (bicyclic) bond motifs is 1. The number of rotatable bonds is 6. The summed E-state index contributed by atoms with van der Waals surface area (Å²) in [4.78, 5) is 0. The van der Waals surface area contributed by atoms with Gasteiger partial charge in [0.1, 0.15) is 0 Å². The zero-order valence-corrected chi connectivity index (χ0v) is 15.3. The Bertz CT molecular complexity index is 443. The first-order valence-electron chi connectivity index (χ1n) is 7.31. The molecule has 0 unspecified atom stereocenters. The molecule has 1 aromatic rings. The van der Waals surface area contributed by atoms with Gasteiger partial charge in [-0.3, -0.25) is 0 Å². The van der Waals surface area contributed by atoms with Gasteiger partial charge in [0.25, 0.3) is 0 Å². The Morgan fingerprint density at radius 1 is 1.00 bits per heavy atom. The molecule has 0 atom stereocenters. The van der Waals surface area contributed by atoms with Crippen molar-refractivity contribution in [2.24, 2.45) is 0 Å². The molecule has 0 aliphatic heterocycles. The summed E-state index contributed by atoms with van der Waals surface area (Å²) in [5.74, 6) is 0. The molecule has 0 saturated heterocycles. The van der Waals surface area contributed by atoms with Crippen LogP contribution in [0.1, 0.15) is 61.8 Å². The monoisotopic (exact) mass is 407 g/mol. The molecular weight excluding hydrogens is 383 g/mol. The first-order valence-corrected chi connectivity index (χ1v) is 9.11. The molecule has 0 saturated carbocycles. The maximum absolute atomic E-state index is 2.51. The van der Waals surface area contributed by atoms with Crippen molar-refractivity contribution < 1.29 is 24.4 Å². The summed E-state index contributed by atoms with van der Waals surface area (Å²) in [6, 6.07) is 5.00. The molecule has 1 aliphatic carbocycles. The van der Waals surface area contributed by atoms with E-state index in [1.54, 1.807) is 20.0 Å². The summed E-state index contributed by atoms with van der Waals surface area (Å²) >= 11 is 1.22. The van der Waals surface area contributed by atoms with Crippen LogP contribution in [0.5, 0.6) is 0 Å². The van der Waals surface area contributed by atoms with E-state index in [2.05, 4.69) is 32.1 Å². The van der Waals surface area contributed by atoms with E-state index >= 15 is 0 Å². The van der Waals surface area contributed by atoms with Gasteiger partial charge in [0.05, 0.1) is 0 Å². The van der Waals surface area contributed by atoms with Gasteiger partial charge >= 0.3 is 127 Å². The molecule has 1 aromatic carbocycles. The van der Waals surface area contributed by atoms with Crippen molar-refractivity contribution in [3.05, 3.63) is 37.7 Å². The summed E-state index contributed by atoms with van der Waals surface area (Å²) in [5.41, 5.74) is 6.36. The van der Waals surface area contributed by atoms with Crippen LogP contribution in [0.3, 0.4) is 0 Å². The summed E-state index contributed by atoms with van der Waals surface area (Å²) < 4.78 is 1.65. The summed E-state index contributed by atoms with van der Waals surface area (Å²) in [7, 11) is 0. The van der Waals surface area contributed by atoms with Gasteiger partial charge < -0.3 is 0 Å². The third kappa shape index (κ3) is 3.44. The van der Waals surface area contributed by atoms with Crippen LogP contribution in [0.25, 0.3) is 6.08 Å². The Morgan fingerprint density at radius 3 is 2.22 bits per heavy atom. The molecule has 0 radical (unpaired) electrons. The Morgan fingerprint density at radius 2 is 1.61 bits per heavy atom. The van der Waals surface area contributed by atoms with E-state index < -0.39 is 0 Å². The van der Waals surface area contributed by atoms with Crippen LogP contribution in [0.4, 0.5) is 0 Å². The van der Waals surface area contributed by atoms with E-state index in [-0.39, 0.29) is 0 Å². The average Bonchev–Trinajstić information content (AvgIpc) is 2.72. The standard InChI is InChI=1S/C17H23.Hf/c1-3-5-8-14-12-16-10-7-11-17(16)13-15(14)9-6-4-2;/h10,12-13H,3-6,8-9,11H2,1-2H3;. The molecule has 95 valence electrons. The summed E-state index contributed by atoms with van der Waals surface area (Å²) in [6.07, 6.45) is 11.5. The molecule has 1 heteroatoms. The van der Waals surface area contributed by atoms with Crippen molar-refractivity contribution in [3.8, 4) is 0 Å². The number of benzene rings is 1. The maximum atomic E-state index is 2.51. The van der Waals surface area contributed by atoms with Crippen LogP contribution >= 0.6 is 0 Å². The van der Waals surface area contributed by atoms with E-state index in [9.17, 15) is 0 Å². The molecule has 0 aromatic heterocycles. The first kappa shape index (κ1) is 14.2. The molecule has 0 spiro atoms. The zero-order chi connectivity index (χ0) is 13.0. The molecule has 0 fully saturated rings. The fourth-order valence-corrected chi connectivity index (χ4v) is 3.93. The van der Waals surface area contributed by atoms with Crippen LogP contribution in [-0.2, 0) is 43.6 Å². The second kappa shape index (κ2) is 6.84. The number of allylic oxidation sites excluding steroid dienone is 1. The minimum absolute atomic E-state index is 1.22. The van der Waals surface area contributed by atoms with Crippen molar-refractivity contribution in [3.63, 3.8) is 0 Å². The van der Waals surface area contributed by atoms with Gasteiger partial charge in [0.2, 0.25) is 0 Å². The predicted molar refractivity (Wildman–Crippen MR) is 75.3 cm³/mol. The minimum atomic E-state index is 1.22. The third-order valence-corrected chi connectivity index (χ3v) is 4.93. The zero-order valence-electron chi connectivity index (χ0n) is 11.7. The van der Waals surface area contributed by atoms with Crippen LogP contribution in [0.2, 0.25) is 0 Å². The molecule has 1 aliphatic rings. The van der Waals surface area contributed by atoms with E-state index in [0.717, 1.165) is 0 Å². The molecule has 0 N–H and O–H groups in total. The second-order valence-electron chi connectivity index (χ2n) is 5.37. The predicted octanol–water partition coefficient (Wildman–Crippen LogP) is 4.82. The van der Waals surface area contributed by atoms with Crippen molar-refractivity contribution in [1.29, 1.82) is 0 Å². The third-order valence-electron chi connectivity index (χ3n) is 3.77. The Balaban J connectivity index is 2.25. The molecule has 0 heterocycles. The quantitative estimate of drug-likeness (QED) is 0.595. The van der Waals surface area contributed by atoms with Gasteiger partial charge in [-0.1, -0.05) is 0 Å². The van der Waals surface area contributed by atoms with Gasteiger partial charge in [-0.2, -0.15) is 0 Å². The second-order valence-corrected chi connectivity index (χ2v) is 7.68. The number of aryl methyl sites for hydroxylation is 2. The Labute approximate surface area is 126 Å². The molecule has 0 amide bonds. The van der Waals surface area contributed by atoms with Crippen molar-refractivity contribution in [2.45, 2.75) is 58.8 Å². The molecule has 0 bridgehead atoms. The first-order chi connectivity index (χ1) is 8.74. The fourth-order valence-electron chi connectivity index (χ4n) is 2.69. The van der Waals surface area contributed by atoms with Crippen LogP contribution in [0.15, 0.2) is 15.5 Å². The Hall–Kier alpha value is -0.170. The van der Waals surface area contributed by atoms with E-state index in [1.807, 2.05) is 0 Å². The number of hydrogen-bond acceptors (Lipinski definition) is 0. The Kier molecular flexibility index (Phi) is 5.41. The van der Waals surface area contributed by atoms with E-state index in [4.69, 9.17) is 0 Å². The normalized spacial score (nSPS) is 13.5. The van der Waals surface area contributed by atoms with Crippen molar-refractivity contribution >= 4 is 6.08 Å². The number of hydrogen-bond donors (Lipinski definition) is 0. The van der Waals surface area contributed by atoms with Gasteiger partial charge in [-0.15, -0.1) is 0 Å². The topological polar surface area (TPSA) is 0 Å². The van der Waals surface area contributed by atoms with Gasteiger partial charge in [-0.25, -0.2) is 0 Å². The summed E-state index contributed by atoms with van der Waals surface area (Å²) in [6.45, 7) is 4.57. The molecule has 18 heavy (non-hydrogen) atoms. The van der Waals surface area contributed by atoms with Crippen molar-refractivity contribution in [2.75, 3.05) is 0 Å². The van der Waals surface area contributed by atoms with Crippen LogP contribution < -0.4 is 0 Å². The van der Waals surface area contributed by atoms with Gasteiger partial charge in [0, 0.05) is 0 Å². The summed E-state index contributed by atoms with van der Waals surface area (Å²) in [5, 5.41) is 0. The van der Waals surface area contributed by atoms with E-state index in [1.165, 1.54) is 74.9 Å². The van der Waals surface area contributed by atoms with Crippen LogP contribution in [-0.4, -0.2) is 0 Å². The average molecular weight is 406 g/mol. The number of unbranched alkanes of at least 4 members (excludes halogenated alkanes) is 2. The molecule has 2 rings (SSSR count). The van der Waals surface area contributed by atoms with Crippen molar-refractivity contribution in [1.82, 2.24) is 0 Å². The van der Waals surface area contributed by atoms with E-state index in [0.29, 0.717) is 0 Å². The van der Waals surface area contributed by atoms with Crippen LogP contribution in [0, 0.1) is 0 Å². The fraction of sp³-hybridized carbons (Fsp3) is 0.529. The van der Waals surface area contributed by atoms with Gasteiger partial charge in [-0.05, 0) is 0 Å². The SMILES string of the molecule is CCCCc1cc2c(cc1CCCC)C[C]([Hf])=C2. The van der Waals surface area contributed by atoms with Gasteiger partial charge in [0.15, 0.2) is 0 Å². The molecular formula is C17H23Hf.